The average Bonchev–Trinajstić information content (AvgIpc) is 3.05. The van der Waals surface area contributed by atoms with Gasteiger partial charge in [0.1, 0.15) is 4.90 Å². The van der Waals surface area contributed by atoms with Crippen LogP contribution >= 0.6 is 15.9 Å². The van der Waals surface area contributed by atoms with E-state index in [1.807, 2.05) is 6.92 Å². The normalized spacial score (nSPS) is 11.7. The summed E-state index contributed by atoms with van der Waals surface area (Å²) in [7, 11) is -3.85. The third-order valence-corrected chi connectivity index (χ3v) is 6.18. The summed E-state index contributed by atoms with van der Waals surface area (Å²) >= 11 is 3.40. The highest BCUT2D eigenvalue weighted by Crippen LogP contribution is 2.33. The molecule has 132 valence electrons. The quantitative estimate of drug-likeness (QED) is 0.661. The van der Waals surface area contributed by atoms with Crippen molar-refractivity contribution >= 4 is 31.6 Å². The van der Waals surface area contributed by atoms with Gasteiger partial charge < -0.3 is 9.51 Å². The smallest absolute Gasteiger partial charge is 0.264 e. The first-order valence-corrected chi connectivity index (χ1v) is 9.75. The van der Waals surface area contributed by atoms with Crippen molar-refractivity contribution in [3.05, 3.63) is 45.4 Å². The van der Waals surface area contributed by atoms with Crippen molar-refractivity contribution in [1.29, 1.82) is 0 Å². The van der Waals surface area contributed by atoms with E-state index in [4.69, 9.17) is 4.52 Å². The highest BCUT2D eigenvalue weighted by atomic mass is 79.9. The Morgan fingerprint density at radius 3 is 2.48 bits per heavy atom. The van der Waals surface area contributed by atoms with Crippen molar-refractivity contribution in [3.63, 3.8) is 0 Å². The maximum Gasteiger partial charge on any atom is 0.264 e. The maximum absolute atomic E-state index is 13.0. The van der Waals surface area contributed by atoms with Gasteiger partial charge in [-0.25, -0.2) is 8.42 Å². The van der Waals surface area contributed by atoms with Crippen LogP contribution in [-0.4, -0.2) is 23.5 Å². The van der Waals surface area contributed by atoms with Gasteiger partial charge in [-0.1, -0.05) is 21.1 Å². The molecule has 0 aliphatic heterocycles. The molecule has 7 nitrogen and oxygen atoms in total. The molecule has 0 spiro atoms. The second kappa shape index (κ2) is 6.30. The lowest BCUT2D eigenvalue weighted by molar-refractivity contribution is 0.424. The number of aromatic nitrogens is 3. The summed E-state index contributed by atoms with van der Waals surface area (Å²) in [6, 6.07) is 5.25. The van der Waals surface area contributed by atoms with Crippen LogP contribution in [-0.2, 0) is 10.0 Å². The van der Waals surface area contributed by atoms with Crippen LogP contribution in [0, 0.1) is 27.7 Å². The van der Waals surface area contributed by atoms with Gasteiger partial charge in [0.15, 0.2) is 5.82 Å². The molecular weight excluding hydrogens is 408 g/mol. The van der Waals surface area contributed by atoms with Crippen LogP contribution in [0.3, 0.4) is 0 Å². The minimum atomic E-state index is -3.85. The number of aryl methyl sites for hydroxylation is 4. The van der Waals surface area contributed by atoms with E-state index in [2.05, 4.69) is 35.8 Å². The summed E-state index contributed by atoms with van der Waals surface area (Å²) < 4.78 is 34.7. The molecule has 3 aromatic rings. The Labute approximate surface area is 154 Å². The van der Waals surface area contributed by atoms with Crippen molar-refractivity contribution in [1.82, 2.24) is 15.1 Å². The fourth-order valence-electron chi connectivity index (χ4n) is 2.66. The molecule has 2 aromatic heterocycles. The summed E-state index contributed by atoms with van der Waals surface area (Å²) in [5.41, 5.74) is 2.94. The van der Waals surface area contributed by atoms with Gasteiger partial charge in [0.05, 0.1) is 5.56 Å². The number of nitrogens with zero attached hydrogens (tertiary/aromatic N) is 2. The largest absolute Gasteiger partial charge is 0.361 e. The number of hydrogen-bond acceptors (Lipinski definition) is 5. The number of sulfonamides is 1. The minimum Gasteiger partial charge on any atom is -0.361 e. The molecule has 0 fully saturated rings. The van der Waals surface area contributed by atoms with E-state index in [-0.39, 0.29) is 10.8 Å². The first kappa shape index (κ1) is 17.7. The molecule has 0 radical (unpaired) electrons. The summed E-state index contributed by atoms with van der Waals surface area (Å²) in [6.07, 6.45) is 0. The number of rotatable bonds is 4. The van der Waals surface area contributed by atoms with Gasteiger partial charge in [0, 0.05) is 21.5 Å². The molecule has 0 saturated heterocycles. The maximum atomic E-state index is 13.0. The zero-order chi connectivity index (χ0) is 18.4. The van der Waals surface area contributed by atoms with Crippen molar-refractivity contribution in [2.75, 3.05) is 4.72 Å². The number of halogens is 1. The Morgan fingerprint density at radius 1 is 1.16 bits per heavy atom. The summed E-state index contributed by atoms with van der Waals surface area (Å²) in [4.78, 5) is 7.31. The number of benzene rings is 1. The Bertz CT molecular complexity index is 1050. The first-order chi connectivity index (χ1) is 11.7. The lowest BCUT2D eigenvalue weighted by Gasteiger charge is -2.10. The molecule has 0 saturated carbocycles. The zero-order valence-corrected chi connectivity index (χ0v) is 16.5. The number of hydrogen-bond donors (Lipinski definition) is 2. The van der Waals surface area contributed by atoms with E-state index >= 15 is 0 Å². The molecule has 2 heterocycles. The van der Waals surface area contributed by atoms with Crippen molar-refractivity contribution < 1.29 is 12.9 Å². The third-order valence-electron chi connectivity index (χ3n) is 3.74. The molecule has 0 atom stereocenters. The van der Waals surface area contributed by atoms with E-state index in [9.17, 15) is 8.42 Å². The Balaban J connectivity index is 2.10. The third kappa shape index (κ3) is 3.34. The topological polar surface area (TPSA) is 101 Å². The van der Waals surface area contributed by atoms with Crippen LogP contribution in [0.15, 0.2) is 32.1 Å². The second-order valence-corrected chi connectivity index (χ2v) is 8.27. The molecule has 3 rings (SSSR count). The van der Waals surface area contributed by atoms with Gasteiger partial charge in [0.25, 0.3) is 15.9 Å². The molecule has 0 unspecified atom stereocenters. The molecular formula is C16H17BrN4O3S. The zero-order valence-electron chi connectivity index (χ0n) is 14.1. The summed E-state index contributed by atoms with van der Waals surface area (Å²) in [5, 5.41) is 3.75. The fourth-order valence-corrected chi connectivity index (χ4v) is 4.41. The van der Waals surface area contributed by atoms with Crippen molar-refractivity contribution in [3.8, 4) is 11.5 Å². The molecule has 0 aliphatic carbocycles. The fraction of sp³-hybridized carbons (Fsp3) is 0.250. The van der Waals surface area contributed by atoms with Crippen LogP contribution in [0.4, 0.5) is 5.69 Å². The van der Waals surface area contributed by atoms with Gasteiger partial charge in [-0.05, 0) is 51.5 Å². The predicted molar refractivity (Wildman–Crippen MR) is 98.0 cm³/mol. The summed E-state index contributed by atoms with van der Waals surface area (Å²) in [5.74, 6) is 0.611. The number of nitrogens with one attached hydrogen (secondary N) is 2. The molecule has 2 N–H and O–H groups in total. The van der Waals surface area contributed by atoms with Gasteiger partial charge in [0.2, 0.25) is 0 Å². The lowest BCUT2D eigenvalue weighted by atomic mass is 10.2. The molecule has 25 heavy (non-hydrogen) atoms. The molecule has 1 aromatic carbocycles. The molecule has 9 heteroatoms. The Hall–Kier alpha value is -2.13. The molecule has 0 aliphatic rings. The van der Waals surface area contributed by atoms with Crippen LogP contribution in [0.2, 0.25) is 0 Å². The lowest BCUT2D eigenvalue weighted by Crippen LogP contribution is -2.14. The van der Waals surface area contributed by atoms with E-state index in [1.54, 1.807) is 39.0 Å². The summed E-state index contributed by atoms with van der Waals surface area (Å²) in [6.45, 7) is 7.03. The van der Waals surface area contributed by atoms with Crippen molar-refractivity contribution in [2.45, 2.75) is 32.6 Å². The number of aromatic amines is 1. The van der Waals surface area contributed by atoms with E-state index in [0.717, 1.165) is 10.0 Å². The second-order valence-electron chi connectivity index (χ2n) is 5.80. The first-order valence-electron chi connectivity index (χ1n) is 7.48. The Morgan fingerprint density at radius 2 is 1.88 bits per heavy atom. The Kier molecular flexibility index (Phi) is 4.46. The van der Waals surface area contributed by atoms with Gasteiger partial charge in [-0.15, -0.1) is 0 Å². The van der Waals surface area contributed by atoms with Crippen LogP contribution in [0.1, 0.15) is 22.8 Å². The van der Waals surface area contributed by atoms with Crippen LogP contribution in [0.25, 0.3) is 11.5 Å². The van der Waals surface area contributed by atoms with Crippen molar-refractivity contribution in [2.24, 2.45) is 0 Å². The monoisotopic (exact) mass is 424 g/mol. The van der Waals surface area contributed by atoms with Crippen LogP contribution in [0.5, 0.6) is 0 Å². The minimum absolute atomic E-state index is 0.106. The van der Waals surface area contributed by atoms with E-state index < -0.39 is 10.0 Å². The molecule has 0 bridgehead atoms. The predicted octanol–water partition coefficient (Wildman–Crippen LogP) is 3.86. The SMILES string of the molecule is Cc1noc(-c2c(C)[nH]c(C)c2S(=O)(=O)Nc2ccc(Br)c(C)c2)n1. The van der Waals surface area contributed by atoms with Gasteiger partial charge in [-0.3, -0.25) is 4.72 Å². The van der Waals surface area contributed by atoms with E-state index in [1.165, 1.54) is 0 Å². The standard InChI is InChI=1S/C16H17BrN4O3S/c1-8-7-12(5-6-13(8)17)21-25(22,23)15-10(3)18-9(2)14(15)16-19-11(4)20-24-16/h5-7,18,21H,1-4H3. The van der Waals surface area contributed by atoms with E-state index in [0.29, 0.717) is 28.5 Å². The van der Waals surface area contributed by atoms with Gasteiger partial charge in [-0.2, -0.15) is 4.98 Å². The molecule has 0 amide bonds. The highest BCUT2D eigenvalue weighted by Gasteiger charge is 2.29. The number of H-pyrrole nitrogens is 1. The average molecular weight is 425 g/mol. The number of anilines is 1. The highest BCUT2D eigenvalue weighted by molar-refractivity contribution is 9.10. The van der Waals surface area contributed by atoms with Gasteiger partial charge >= 0.3 is 0 Å². The van der Waals surface area contributed by atoms with Crippen LogP contribution < -0.4 is 4.72 Å².